The number of benzene rings is 2. The maximum atomic E-state index is 13.8. The van der Waals surface area contributed by atoms with Crippen molar-refractivity contribution in [3.8, 4) is 17.6 Å². The molecule has 0 unspecified atom stereocenters. The number of ether oxygens (including phenoxy) is 3. The highest BCUT2D eigenvalue weighted by Crippen LogP contribution is 2.45. The van der Waals surface area contributed by atoms with Gasteiger partial charge in [0.05, 0.1) is 29.4 Å². The van der Waals surface area contributed by atoms with Gasteiger partial charge in [0.15, 0.2) is 0 Å². The average Bonchev–Trinajstić information content (AvgIpc) is 3.37. The lowest BCUT2D eigenvalue weighted by Crippen LogP contribution is -2.49. The third-order valence-corrected chi connectivity index (χ3v) is 8.94. The molecule has 5 atom stereocenters. The molecule has 10 heteroatoms. The number of nitriles is 1. The Balaban J connectivity index is 1.57. The van der Waals surface area contributed by atoms with Crippen molar-refractivity contribution in [3.63, 3.8) is 0 Å². The van der Waals surface area contributed by atoms with Crippen LogP contribution in [0.15, 0.2) is 42.5 Å². The number of aryl methyl sites for hydroxylation is 1. The molecule has 2 aromatic rings. The first kappa shape index (κ1) is 35.2. The molecule has 1 aliphatic heterocycles. The van der Waals surface area contributed by atoms with E-state index in [2.05, 4.69) is 11.4 Å². The summed E-state index contributed by atoms with van der Waals surface area (Å²) in [5.74, 6) is 0.168. The lowest BCUT2D eigenvalue weighted by atomic mass is 9.73. The summed E-state index contributed by atoms with van der Waals surface area (Å²) in [6.45, 7) is 8.72. The number of alkyl carbamates (subject to hydrolysis) is 1. The Bertz CT molecular complexity index is 1400. The first-order chi connectivity index (χ1) is 21.8. The van der Waals surface area contributed by atoms with E-state index in [0.29, 0.717) is 74.4 Å². The van der Waals surface area contributed by atoms with Gasteiger partial charge in [-0.2, -0.15) is 5.26 Å². The van der Waals surface area contributed by atoms with Gasteiger partial charge < -0.3 is 34.6 Å². The number of unbranched alkanes of at least 4 members (excludes halogenated alkanes) is 1. The van der Waals surface area contributed by atoms with Crippen LogP contribution in [0.2, 0.25) is 0 Å². The molecule has 0 aromatic heterocycles. The molecule has 1 saturated carbocycles. The molecule has 3 N–H and O–H groups in total. The Morgan fingerprint density at radius 1 is 1.13 bits per heavy atom. The van der Waals surface area contributed by atoms with Crippen molar-refractivity contribution in [2.45, 2.75) is 96.0 Å². The number of likely N-dealkylation sites (tertiary alicyclic amines) is 1. The fourth-order valence-electron chi connectivity index (χ4n) is 6.70. The Morgan fingerprint density at radius 3 is 2.61 bits per heavy atom. The predicted molar refractivity (Wildman–Crippen MR) is 173 cm³/mol. The summed E-state index contributed by atoms with van der Waals surface area (Å²) in [6.07, 6.45) is 2.34. The Kier molecular flexibility index (Phi) is 11.7. The zero-order valence-electron chi connectivity index (χ0n) is 27.8. The van der Waals surface area contributed by atoms with Gasteiger partial charge in [-0.15, -0.1) is 0 Å². The standard InChI is InChI=1S/C36H49N3O7/c1-24-10-8-12-28(18-24)45-32-19-25(22-37)13-14-29(32)36(43,15-6-7-17-44-5)27-11-9-16-39(23-27)33(41)26-20-30(31(40)21-26)38-34(42)46-35(2,3)4/h8,10,12-14,18-19,26-27,30-31,40,43H,6-7,9,11,15-17,20-21,23H2,1-5H3,(H,38,42)/t26-,27+,30+,31-,36-/m0/s1. The molecule has 0 spiro atoms. The van der Waals surface area contributed by atoms with Crippen LogP contribution in [0.1, 0.15) is 82.4 Å². The molecular formula is C36H49N3O7. The highest BCUT2D eigenvalue weighted by molar-refractivity contribution is 5.80. The molecule has 1 aliphatic carbocycles. The predicted octanol–water partition coefficient (Wildman–Crippen LogP) is 5.57. The van der Waals surface area contributed by atoms with Gasteiger partial charge in [-0.25, -0.2) is 4.79 Å². The minimum absolute atomic E-state index is 0.0879. The number of nitrogens with zero attached hydrogens (tertiary/aromatic N) is 2. The van der Waals surface area contributed by atoms with Crippen LogP contribution in [0.25, 0.3) is 0 Å². The zero-order valence-corrected chi connectivity index (χ0v) is 27.8. The van der Waals surface area contributed by atoms with Crippen molar-refractivity contribution >= 4 is 12.0 Å². The SMILES string of the molecule is COCCCC[C@@](O)(c1ccc(C#N)cc1Oc1cccc(C)c1)[C@@H]1CCCN(C(=O)[C@@H]2C[C@H](O)[C@H](NC(=O)OC(C)(C)C)C2)C1. The number of rotatable bonds is 11. The summed E-state index contributed by atoms with van der Waals surface area (Å²) >= 11 is 0. The second kappa shape index (κ2) is 15.3. The van der Waals surface area contributed by atoms with E-state index in [9.17, 15) is 25.1 Å². The zero-order chi connectivity index (χ0) is 33.5. The second-order valence-electron chi connectivity index (χ2n) is 13.7. The monoisotopic (exact) mass is 635 g/mol. The van der Waals surface area contributed by atoms with E-state index in [1.165, 1.54) is 0 Å². The number of aliphatic hydroxyl groups is 2. The van der Waals surface area contributed by atoms with Gasteiger partial charge in [-0.05, 0) is 102 Å². The van der Waals surface area contributed by atoms with Crippen LogP contribution < -0.4 is 10.1 Å². The van der Waals surface area contributed by atoms with E-state index < -0.39 is 35.4 Å². The fraction of sp³-hybridized carbons (Fsp3) is 0.583. The molecule has 46 heavy (non-hydrogen) atoms. The maximum absolute atomic E-state index is 13.8. The Morgan fingerprint density at radius 2 is 1.91 bits per heavy atom. The molecule has 2 aromatic carbocycles. The van der Waals surface area contributed by atoms with Crippen LogP contribution in [0.3, 0.4) is 0 Å². The molecule has 0 radical (unpaired) electrons. The summed E-state index contributed by atoms with van der Waals surface area (Å²) in [5, 5.41) is 35.8. The smallest absolute Gasteiger partial charge is 0.407 e. The minimum atomic E-state index is -1.35. The molecule has 1 saturated heterocycles. The van der Waals surface area contributed by atoms with Crippen molar-refractivity contribution in [1.29, 1.82) is 5.26 Å². The first-order valence-electron chi connectivity index (χ1n) is 16.3. The van der Waals surface area contributed by atoms with Crippen LogP contribution in [0, 0.1) is 30.1 Å². The lowest BCUT2D eigenvalue weighted by molar-refractivity contribution is -0.141. The first-order valence-corrected chi connectivity index (χ1v) is 16.3. The summed E-state index contributed by atoms with van der Waals surface area (Å²) in [5.41, 5.74) is -0.000253. The van der Waals surface area contributed by atoms with Gasteiger partial charge >= 0.3 is 6.09 Å². The third-order valence-electron chi connectivity index (χ3n) is 8.94. The Hall–Kier alpha value is -3.65. The number of piperidine rings is 1. The van der Waals surface area contributed by atoms with Crippen molar-refractivity contribution in [1.82, 2.24) is 10.2 Å². The molecule has 1 heterocycles. The average molecular weight is 636 g/mol. The topological polar surface area (TPSA) is 141 Å². The molecule has 0 bridgehead atoms. The third kappa shape index (κ3) is 8.99. The molecule has 250 valence electrons. The van der Waals surface area contributed by atoms with Gasteiger partial charge in [-0.1, -0.05) is 18.2 Å². The maximum Gasteiger partial charge on any atom is 0.407 e. The fourth-order valence-corrected chi connectivity index (χ4v) is 6.70. The van der Waals surface area contributed by atoms with E-state index in [1.54, 1.807) is 51.0 Å². The Labute approximate surface area is 272 Å². The number of hydrogen-bond acceptors (Lipinski definition) is 8. The van der Waals surface area contributed by atoms with Crippen LogP contribution in [-0.4, -0.2) is 71.7 Å². The normalized spacial score (nSPS) is 22.9. The lowest BCUT2D eigenvalue weighted by Gasteiger charge is -2.44. The quantitative estimate of drug-likeness (QED) is 0.272. The van der Waals surface area contributed by atoms with E-state index in [4.69, 9.17) is 14.2 Å². The van der Waals surface area contributed by atoms with E-state index in [-0.39, 0.29) is 18.2 Å². The summed E-state index contributed by atoms with van der Waals surface area (Å²) in [7, 11) is 1.65. The van der Waals surface area contributed by atoms with Gasteiger partial charge in [0.1, 0.15) is 17.1 Å². The highest BCUT2D eigenvalue weighted by atomic mass is 16.6. The number of nitrogens with one attached hydrogen (secondary N) is 1. The number of methoxy groups -OCH3 is 1. The summed E-state index contributed by atoms with van der Waals surface area (Å²) < 4.78 is 17.0. The molecular weight excluding hydrogens is 586 g/mol. The van der Waals surface area contributed by atoms with Crippen molar-refractivity contribution < 1.29 is 34.0 Å². The van der Waals surface area contributed by atoms with Crippen LogP contribution in [0.4, 0.5) is 4.79 Å². The molecule has 4 rings (SSSR count). The van der Waals surface area contributed by atoms with Crippen molar-refractivity contribution in [3.05, 3.63) is 59.2 Å². The van der Waals surface area contributed by atoms with Crippen molar-refractivity contribution in [2.75, 3.05) is 26.8 Å². The van der Waals surface area contributed by atoms with Gasteiger partial charge in [-0.3, -0.25) is 4.79 Å². The number of carbonyl (C=O) groups is 2. The van der Waals surface area contributed by atoms with Gasteiger partial charge in [0.2, 0.25) is 5.91 Å². The van der Waals surface area contributed by atoms with Gasteiger partial charge in [0, 0.05) is 44.2 Å². The largest absolute Gasteiger partial charge is 0.457 e. The van der Waals surface area contributed by atoms with Gasteiger partial charge in [0.25, 0.3) is 0 Å². The number of hydrogen-bond donors (Lipinski definition) is 3. The number of amides is 2. The van der Waals surface area contributed by atoms with E-state index in [1.807, 2.05) is 31.2 Å². The van der Waals surface area contributed by atoms with Crippen LogP contribution in [-0.2, 0) is 19.9 Å². The summed E-state index contributed by atoms with van der Waals surface area (Å²) in [4.78, 5) is 28.0. The van der Waals surface area contributed by atoms with E-state index in [0.717, 1.165) is 12.0 Å². The van der Waals surface area contributed by atoms with Crippen molar-refractivity contribution in [2.24, 2.45) is 11.8 Å². The number of aliphatic hydroxyl groups excluding tert-OH is 1. The molecule has 2 fully saturated rings. The van der Waals surface area contributed by atoms with E-state index >= 15 is 0 Å². The van der Waals surface area contributed by atoms with Crippen LogP contribution >= 0.6 is 0 Å². The molecule has 2 aliphatic rings. The minimum Gasteiger partial charge on any atom is -0.457 e. The molecule has 10 nitrogen and oxygen atoms in total. The molecule has 2 amide bonds. The summed E-state index contributed by atoms with van der Waals surface area (Å²) in [6, 6.07) is 14.4. The second-order valence-corrected chi connectivity index (χ2v) is 13.7. The van der Waals surface area contributed by atoms with Crippen LogP contribution in [0.5, 0.6) is 11.5 Å². The number of carbonyl (C=O) groups excluding carboxylic acids is 2. The highest BCUT2D eigenvalue weighted by Gasteiger charge is 2.45.